The molecule has 0 heterocycles. The summed E-state index contributed by atoms with van der Waals surface area (Å²) in [5.41, 5.74) is 1.45. The van der Waals surface area contributed by atoms with E-state index in [1.54, 1.807) is 24.3 Å². The quantitative estimate of drug-likeness (QED) is 0.228. The van der Waals surface area contributed by atoms with Crippen LogP contribution >= 0.6 is 46.4 Å². The van der Waals surface area contributed by atoms with Crippen molar-refractivity contribution in [3.63, 3.8) is 0 Å². The minimum Gasteiger partial charge on any atom is -0.352 e. The van der Waals surface area contributed by atoms with Crippen LogP contribution in [0.1, 0.15) is 36.8 Å². The van der Waals surface area contributed by atoms with E-state index in [2.05, 4.69) is 5.32 Å². The zero-order valence-corrected chi connectivity index (χ0v) is 26.7. The summed E-state index contributed by atoms with van der Waals surface area (Å²) < 4.78 is 26.9. The van der Waals surface area contributed by atoms with Gasteiger partial charge in [0.05, 0.1) is 27.0 Å². The van der Waals surface area contributed by atoms with Crippen molar-refractivity contribution >= 4 is 73.9 Å². The zero-order valence-electron chi connectivity index (χ0n) is 22.9. The van der Waals surface area contributed by atoms with Crippen molar-refractivity contribution < 1.29 is 18.0 Å². The first-order valence-corrected chi connectivity index (χ1v) is 16.8. The fourth-order valence-corrected chi connectivity index (χ4v) is 6.77. The highest BCUT2D eigenvalue weighted by molar-refractivity contribution is 7.92. The highest BCUT2D eigenvalue weighted by atomic mass is 35.5. The monoisotopic (exact) mass is 669 g/mol. The second kappa shape index (κ2) is 14.3. The van der Waals surface area contributed by atoms with Crippen LogP contribution in [0.4, 0.5) is 5.69 Å². The van der Waals surface area contributed by atoms with Gasteiger partial charge >= 0.3 is 0 Å². The summed E-state index contributed by atoms with van der Waals surface area (Å²) in [6, 6.07) is 18.0. The van der Waals surface area contributed by atoms with E-state index in [4.69, 9.17) is 46.4 Å². The molecule has 0 aliphatic heterocycles. The molecular weight excluding hydrogens is 640 g/mol. The van der Waals surface area contributed by atoms with E-state index >= 15 is 0 Å². The van der Waals surface area contributed by atoms with E-state index < -0.39 is 28.5 Å². The van der Waals surface area contributed by atoms with Gasteiger partial charge in [-0.05, 0) is 42.2 Å². The van der Waals surface area contributed by atoms with Gasteiger partial charge in [-0.25, -0.2) is 8.42 Å². The molecule has 0 saturated heterocycles. The molecule has 0 spiro atoms. The average molecular weight is 671 g/mol. The van der Waals surface area contributed by atoms with Gasteiger partial charge in [0.1, 0.15) is 12.6 Å². The SMILES string of the molecule is CS(=O)(=O)N(CC(=O)N(Cc1ccccc1Cl)[C@H](Cc1ccccc1)C(=O)NC1CCCC1)c1cc(Cl)c(Cl)cc1Cl. The lowest BCUT2D eigenvalue weighted by atomic mass is 10.0. The number of carbonyl (C=O) groups is 2. The summed E-state index contributed by atoms with van der Waals surface area (Å²) in [6.45, 7) is -0.663. The van der Waals surface area contributed by atoms with Gasteiger partial charge in [-0.15, -0.1) is 0 Å². The smallest absolute Gasteiger partial charge is 0.244 e. The lowest BCUT2D eigenvalue weighted by Crippen LogP contribution is -2.54. The van der Waals surface area contributed by atoms with Gasteiger partial charge in [-0.1, -0.05) is 108 Å². The molecule has 1 aliphatic rings. The first-order valence-electron chi connectivity index (χ1n) is 13.4. The number of sulfonamides is 1. The van der Waals surface area contributed by atoms with Crippen molar-refractivity contribution in [2.75, 3.05) is 17.1 Å². The molecule has 0 aromatic heterocycles. The summed E-state index contributed by atoms with van der Waals surface area (Å²) in [7, 11) is -4.03. The molecule has 7 nitrogen and oxygen atoms in total. The van der Waals surface area contributed by atoms with Crippen LogP contribution in [0.3, 0.4) is 0 Å². The number of nitrogens with zero attached hydrogens (tertiary/aromatic N) is 2. The summed E-state index contributed by atoms with van der Waals surface area (Å²) in [4.78, 5) is 29.5. The molecule has 12 heteroatoms. The summed E-state index contributed by atoms with van der Waals surface area (Å²) in [5.74, 6) is -0.936. The molecule has 1 saturated carbocycles. The van der Waals surface area contributed by atoms with Crippen molar-refractivity contribution in [3.05, 3.63) is 97.9 Å². The third kappa shape index (κ3) is 8.32. The van der Waals surface area contributed by atoms with Crippen molar-refractivity contribution in [1.82, 2.24) is 10.2 Å². The van der Waals surface area contributed by atoms with E-state index in [0.29, 0.717) is 10.6 Å². The Balaban J connectivity index is 1.76. The van der Waals surface area contributed by atoms with Crippen LogP contribution in [-0.4, -0.2) is 50.0 Å². The fraction of sp³-hybridized carbons (Fsp3) is 0.333. The Morgan fingerprint density at radius 1 is 0.881 bits per heavy atom. The molecule has 2 amide bonds. The maximum Gasteiger partial charge on any atom is 0.244 e. The molecule has 3 aromatic carbocycles. The highest BCUT2D eigenvalue weighted by Gasteiger charge is 2.35. The van der Waals surface area contributed by atoms with Crippen LogP contribution < -0.4 is 9.62 Å². The van der Waals surface area contributed by atoms with Crippen LogP contribution in [0.2, 0.25) is 20.1 Å². The minimum atomic E-state index is -4.03. The number of nitrogens with one attached hydrogen (secondary N) is 1. The second-order valence-corrected chi connectivity index (χ2v) is 13.8. The van der Waals surface area contributed by atoms with E-state index in [-0.39, 0.29) is 45.7 Å². The Morgan fingerprint density at radius 2 is 1.50 bits per heavy atom. The third-order valence-corrected chi connectivity index (χ3v) is 9.73. The van der Waals surface area contributed by atoms with Crippen LogP contribution in [-0.2, 0) is 32.6 Å². The van der Waals surface area contributed by atoms with E-state index in [1.165, 1.54) is 17.0 Å². The Labute approximate surface area is 266 Å². The Kier molecular flexibility index (Phi) is 11.1. The molecule has 1 N–H and O–H groups in total. The molecule has 224 valence electrons. The van der Waals surface area contributed by atoms with Gasteiger partial charge in [0.15, 0.2) is 0 Å². The topological polar surface area (TPSA) is 86.8 Å². The van der Waals surface area contributed by atoms with Gasteiger partial charge in [-0.3, -0.25) is 13.9 Å². The lowest BCUT2D eigenvalue weighted by Gasteiger charge is -2.34. The number of hydrogen-bond donors (Lipinski definition) is 1. The van der Waals surface area contributed by atoms with Crippen molar-refractivity contribution in [1.29, 1.82) is 0 Å². The molecular formula is C30H31Cl4N3O4S. The fourth-order valence-electron chi connectivity index (χ4n) is 5.03. The van der Waals surface area contributed by atoms with E-state index in [0.717, 1.165) is 41.8 Å². The molecule has 1 aliphatic carbocycles. The van der Waals surface area contributed by atoms with Gasteiger partial charge in [0.2, 0.25) is 21.8 Å². The van der Waals surface area contributed by atoms with Gasteiger partial charge in [0, 0.05) is 24.0 Å². The maximum atomic E-state index is 14.2. The van der Waals surface area contributed by atoms with E-state index in [1.807, 2.05) is 30.3 Å². The van der Waals surface area contributed by atoms with Crippen molar-refractivity contribution in [2.45, 2.75) is 50.7 Å². The summed E-state index contributed by atoms with van der Waals surface area (Å²) in [6.07, 6.45) is 4.93. The average Bonchev–Trinajstić information content (AvgIpc) is 3.45. The standard InChI is InChI=1S/C30H31Cl4N3O4S/c1-42(40,41)37(27-17-25(33)24(32)16-26(27)34)19-29(38)36(18-21-11-5-8-14-23(21)31)28(15-20-9-3-2-4-10-20)30(39)35-22-12-6-7-13-22/h2-5,8-11,14,16-17,22,28H,6-7,12-13,15,18-19H2,1H3,(H,35,39)/t28-/m1/s1. The first kappa shape index (κ1) is 32.4. The number of hydrogen-bond acceptors (Lipinski definition) is 4. The van der Waals surface area contributed by atoms with Crippen LogP contribution in [0.5, 0.6) is 0 Å². The predicted octanol–water partition coefficient (Wildman–Crippen LogP) is 6.77. The number of halogens is 4. The first-order chi connectivity index (χ1) is 19.9. The summed E-state index contributed by atoms with van der Waals surface area (Å²) in [5, 5.41) is 3.74. The van der Waals surface area contributed by atoms with E-state index in [9.17, 15) is 18.0 Å². The molecule has 4 rings (SSSR count). The Morgan fingerprint density at radius 3 is 2.14 bits per heavy atom. The molecule has 0 bridgehead atoms. The minimum absolute atomic E-state index is 0.0000841. The molecule has 42 heavy (non-hydrogen) atoms. The highest BCUT2D eigenvalue weighted by Crippen LogP contribution is 2.36. The lowest BCUT2D eigenvalue weighted by molar-refractivity contribution is -0.140. The number of amides is 2. The Bertz CT molecular complexity index is 1530. The van der Waals surface area contributed by atoms with Gasteiger partial charge < -0.3 is 10.2 Å². The molecule has 0 unspecified atom stereocenters. The molecule has 0 radical (unpaired) electrons. The number of rotatable bonds is 11. The predicted molar refractivity (Wildman–Crippen MR) is 170 cm³/mol. The Hall–Kier alpha value is -2.49. The third-order valence-electron chi connectivity index (χ3n) is 7.21. The largest absolute Gasteiger partial charge is 0.352 e. The van der Waals surface area contributed by atoms with Crippen LogP contribution in [0.25, 0.3) is 0 Å². The van der Waals surface area contributed by atoms with Crippen LogP contribution in [0, 0.1) is 0 Å². The zero-order chi connectivity index (χ0) is 30.4. The molecule has 1 atom stereocenters. The normalized spacial score (nSPS) is 14.4. The van der Waals surface area contributed by atoms with Gasteiger partial charge in [0.25, 0.3) is 0 Å². The summed E-state index contributed by atoms with van der Waals surface area (Å²) >= 11 is 25.1. The van der Waals surface area contributed by atoms with Crippen molar-refractivity contribution in [2.24, 2.45) is 0 Å². The van der Waals surface area contributed by atoms with Gasteiger partial charge in [-0.2, -0.15) is 0 Å². The second-order valence-electron chi connectivity index (χ2n) is 10.3. The number of anilines is 1. The van der Waals surface area contributed by atoms with Crippen LogP contribution in [0.15, 0.2) is 66.7 Å². The maximum absolute atomic E-state index is 14.2. The van der Waals surface area contributed by atoms with Crippen molar-refractivity contribution in [3.8, 4) is 0 Å². The molecule has 1 fully saturated rings. The molecule has 3 aromatic rings. The number of carbonyl (C=O) groups excluding carboxylic acids is 2. The number of benzene rings is 3.